The minimum atomic E-state index is 0.110. The van der Waals surface area contributed by atoms with E-state index in [4.69, 9.17) is 23.2 Å². The van der Waals surface area contributed by atoms with Crippen LogP contribution >= 0.6 is 23.2 Å². The van der Waals surface area contributed by atoms with E-state index in [-0.39, 0.29) is 5.75 Å². The predicted octanol–water partition coefficient (Wildman–Crippen LogP) is 3.76. The zero-order chi connectivity index (χ0) is 10.8. The fourth-order valence-corrected chi connectivity index (χ4v) is 1.82. The fourth-order valence-electron chi connectivity index (χ4n) is 1.30. The van der Waals surface area contributed by atoms with Crippen LogP contribution in [0.3, 0.4) is 0 Å². The Morgan fingerprint density at radius 2 is 1.87 bits per heavy atom. The molecule has 1 N–H and O–H groups in total. The lowest BCUT2D eigenvalue weighted by atomic mass is 10.1. The van der Waals surface area contributed by atoms with Crippen LogP contribution in [0.4, 0.5) is 0 Å². The Balaban J connectivity index is 2.54. The van der Waals surface area contributed by atoms with Crippen LogP contribution in [0.25, 0.3) is 11.1 Å². The SMILES string of the molecule is Oc1cncc(-c2ccc(Cl)cc2Cl)c1. The van der Waals surface area contributed by atoms with Crippen LogP contribution < -0.4 is 0 Å². The topological polar surface area (TPSA) is 33.1 Å². The zero-order valence-corrected chi connectivity index (χ0v) is 9.13. The Labute approximate surface area is 97.1 Å². The quantitative estimate of drug-likeness (QED) is 0.823. The van der Waals surface area contributed by atoms with E-state index >= 15 is 0 Å². The molecule has 0 spiro atoms. The van der Waals surface area contributed by atoms with Gasteiger partial charge in [0.05, 0.1) is 6.20 Å². The number of hydrogen-bond acceptors (Lipinski definition) is 2. The summed E-state index contributed by atoms with van der Waals surface area (Å²) in [5.74, 6) is 0.110. The third kappa shape index (κ3) is 2.22. The molecule has 2 aromatic rings. The molecule has 4 heteroatoms. The fraction of sp³-hybridized carbons (Fsp3) is 0. The number of nitrogens with zero attached hydrogens (tertiary/aromatic N) is 1. The second-order valence-electron chi connectivity index (χ2n) is 3.06. The molecular weight excluding hydrogens is 233 g/mol. The summed E-state index contributed by atoms with van der Waals surface area (Å²) < 4.78 is 0. The largest absolute Gasteiger partial charge is 0.506 e. The van der Waals surface area contributed by atoms with E-state index in [0.29, 0.717) is 10.0 Å². The molecule has 0 atom stereocenters. The summed E-state index contributed by atoms with van der Waals surface area (Å²) in [5.41, 5.74) is 1.56. The van der Waals surface area contributed by atoms with Crippen LogP contribution in [0.5, 0.6) is 5.75 Å². The average Bonchev–Trinajstić information content (AvgIpc) is 2.17. The van der Waals surface area contributed by atoms with Gasteiger partial charge in [-0.15, -0.1) is 0 Å². The summed E-state index contributed by atoms with van der Waals surface area (Å²) in [7, 11) is 0. The molecule has 0 unspecified atom stereocenters. The first-order chi connectivity index (χ1) is 7.16. The molecule has 0 fully saturated rings. The maximum absolute atomic E-state index is 9.29. The predicted molar refractivity (Wildman–Crippen MR) is 61.4 cm³/mol. The molecule has 2 nitrogen and oxygen atoms in total. The molecule has 0 bridgehead atoms. The van der Waals surface area contributed by atoms with Gasteiger partial charge in [-0.3, -0.25) is 4.98 Å². The Morgan fingerprint density at radius 1 is 1.07 bits per heavy atom. The monoisotopic (exact) mass is 239 g/mol. The Morgan fingerprint density at radius 3 is 2.53 bits per heavy atom. The maximum atomic E-state index is 9.29. The van der Waals surface area contributed by atoms with E-state index in [1.807, 2.05) is 0 Å². The summed E-state index contributed by atoms with van der Waals surface area (Å²) >= 11 is 11.8. The van der Waals surface area contributed by atoms with Gasteiger partial charge in [0, 0.05) is 27.4 Å². The first-order valence-corrected chi connectivity index (χ1v) is 5.02. The molecule has 0 aliphatic carbocycles. The van der Waals surface area contributed by atoms with Gasteiger partial charge < -0.3 is 5.11 Å². The maximum Gasteiger partial charge on any atom is 0.134 e. The van der Waals surface area contributed by atoms with Gasteiger partial charge in [0.15, 0.2) is 0 Å². The van der Waals surface area contributed by atoms with E-state index in [1.165, 1.54) is 6.20 Å². The molecule has 0 aliphatic heterocycles. The van der Waals surface area contributed by atoms with Gasteiger partial charge in [-0.1, -0.05) is 29.3 Å². The van der Waals surface area contributed by atoms with Crippen LogP contribution in [0.2, 0.25) is 10.0 Å². The summed E-state index contributed by atoms with van der Waals surface area (Å²) in [6, 6.07) is 6.79. The standard InChI is InChI=1S/C11H7Cl2NO/c12-8-1-2-10(11(13)4-8)7-3-9(15)6-14-5-7/h1-6,15H. The lowest BCUT2D eigenvalue weighted by Crippen LogP contribution is -1.81. The van der Waals surface area contributed by atoms with Crippen LogP contribution in [0, 0.1) is 0 Å². The van der Waals surface area contributed by atoms with Gasteiger partial charge >= 0.3 is 0 Å². The lowest BCUT2D eigenvalue weighted by molar-refractivity contribution is 0.473. The van der Waals surface area contributed by atoms with Gasteiger partial charge in [-0.2, -0.15) is 0 Å². The van der Waals surface area contributed by atoms with E-state index < -0.39 is 0 Å². The van der Waals surface area contributed by atoms with E-state index in [1.54, 1.807) is 30.5 Å². The number of pyridine rings is 1. The van der Waals surface area contributed by atoms with Crippen molar-refractivity contribution in [3.05, 3.63) is 46.7 Å². The highest BCUT2D eigenvalue weighted by molar-refractivity contribution is 6.36. The highest BCUT2D eigenvalue weighted by Gasteiger charge is 2.04. The number of aromatic hydroxyl groups is 1. The van der Waals surface area contributed by atoms with E-state index in [2.05, 4.69) is 4.98 Å². The molecule has 0 radical (unpaired) electrons. The van der Waals surface area contributed by atoms with Crippen molar-refractivity contribution in [2.75, 3.05) is 0 Å². The summed E-state index contributed by atoms with van der Waals surface area (Å²) in [5, 5.41) is 10.4. The number of hydrogen-bond donors (Lipinski definition) is 1. The minimum absolute atomic E-state index is 0.110. The average molecular weight is 240 g/mol. The summed E-state index contributed by atoms with van der Waals surface area (Å²) in [4.78, 5) is 3.88. The molecule has 1 heterocycles. The van der Waals surface area contributed by atoms with Gasteiger partial charge in [0.25, 0.3) is 0 Å². The molecule has 1 aromatic heterocycles. The van der Waals surface area contributed by atoms with E-state index in [0.717, 1.165) is 11.1 Å². The second-order valence-corrected chi connectivity index (χ2v) is 3.90. The van der Waals surface area contributed by atoms with Crippen molar-refractivity contribution in [1.29, 1.82) is 0 Å². The third-order valence-electron chi connectivity index (χ3n) is 1.97. The van der Waals surface area contributed by atoms with Crippen molar-refractivity contribution < 1.29 is 5.11 Å². The summed E-state index contributed by atoms with van der Waals surface area (Å²) in [6.07, 6.45) is 3.00. The number of benzene rings is 1. The van der Waals surface area contributed by atoms with Crippen molar-refractivity contribution in [1.82, 2.24) is 4.98 Å². The molecule has 0 saturated carbocycles. The van der Waals surface area contributed by atoms with Gasteiger partial charge in [0.1, 0.15) is 5.75 Å². The highest BCUT2D eigenvalue weighted by Crippen LogP contribution is 2.30. The molecule has 0 saturated heterocycles. The zero-order valence-electron chi connectivity index (χ0n) is 7.61. The number of aromatic nitrogens is 1. The minimum Gasteiger partial charge on any atom is -0.506 e. The first-order valence-electron chi connectivity index (χ1n) is 4.26. The van der Waals surface area contributed by atoms with Crippen LogP contribution in [-0.4, -0.2) is 10.1 Å². The Hall–Kier alpha value is -1.25. The van der Waals surface area contributed by atoms with Crippen molar-refractivity contribution >= 4 is 23.2 Å². The summed E-state index contributed by atoms with van der Waals surface area (Å²) in [6.45, 7) is 0. The molecule has 76 valence electrons. The molecular formula is C11H7Cl2NO. The molecule has 15 heavy (non-hydrogen) atoms. The van der Waals surface area contributed by atoms with Crippen molar-refractivity contribution in [3.8, 4) is 16.9 Å². The smallest absolute Gasteiger partial charge is 0.134 e. The molecule has 1 aromatic carbocycles. The van der Waals surface area contributed by atoms with Gasteiger partial charge in [-0.05, 0) is 18.2 Å². The Bertz CT molecular complexity index is 500. The van der Waals surface area contributed by atoms with Crippen molar-refractivity contribution in [2.45, 2.75) is 0 Å². The first kappa shape index (κ1) is 10.3. The highest BCUT2D eigenvalue weighted by atomic mass is 35.5. The normalized spacial score (nSPS) is 10.3. The van der Waals surface area contributed by atoms with Crippen LogP contribution in [-0.2, 0) is 0 Å². The van der Waals surface area contributed by atoms with Gasteiger partial charge in [0.2, 0.25) is 0 Å². The van der Waals surface area contributed by atoms with Gasteiger partial charge in [-0.25, -0.2) is 0 Å². The molecule has 0 amide bonds. The molecule has 0 aliphatic rings. The Kier molecular flexibility index (Phi) is 2.80. The third-order valence-corrected chi connectivity index (χ3v) is 2.51. The number of halogens is 2. The second kappa shape index (κ2) is 4.09. The number of rotatable bonds is 1. The lowest BCUT2D eigenvalue weighted by Gasteiger charge is -2.04. The van der Waals surface area contributed by atoms with Crippen LogP contribution in [0.1, 0.15) is 0 Å². The van der Waals surface area contributed by atoms with Crippen molar-refractivity contribution in [2.24, 2.45) is 0 Å². The van der Waals surface area contributed by atoms with E-state index in [9.17, 15) is 5.11 Å². The molecule has 2 rings (SSSR count). The van der Waals surface area contributed by atoms with Crippen molar-refractivity contribution in [3.63, 3.8) is 0 Å². The van der Waals surface area contributed by atoms with Crippen LogP contribution in [0.15, 0.2) is 36.7 Å².